The van der Waals surface area contributed by atoms with Crippen molar-refractivity contribution in [2.45, 2.75) is 25.9 Å². The molecule has 16 heavy (non-hydrogen) atoms. The maximum atomic E-state index is 5.07. The predicted octanol–water partition coefficient (Wildman–Crippen LogP) is 1.60. The molecule has 4 nitrogen and oxygen atoms in total. The first-order valence-corrected chi connectivity index (χ1v) is 5.47. The number of methoxy groups -OCH3 is 2. The second-order valence-electron chi connectivity index (χ2n) is 3.77. The molecular formula is C12H20N2O2. The van der Waals surface area contributed by atoms with Gasteiger partial charge in [0.15, 0.2) is 0 Å². The molecule has 4 heteroatoms. The van der Waals surface area contributed by atoms with Gasteiger partial charge in [0.1, 0.15) is 0 Å². The molecule has 0 spiro atoms. The fourth-order valence-corrected chi connectivity index (χ4v) is 1.36. The van der Waals surface area contributed by atoms with E-state index in [9.17, 15) is 0 Å². The summed E-state index contributed by atoms with van der Waals surface area (Å²) in [6.45, 7) is 3.76. The molecule has 90 valence electrons. The zero-order valence-corrected chi connectivity index (χ0v) is 10.2. The lowest BCUT2D eigenvalue weighted by Gasteiger charge is -2.13. The Morgan fingerprint density at radius 3 is 2.94 bits per heavy atom. The molecular weight excluding hydrogens is 204 g/mol. The monoisotopic (exact) mass is 224 g/mol. The molecule has 1 unspecified atom stereocenters. The van der Waals surface area contributed by atoms with Crippen molar-refractivity contribution in [2.24, 2.45) is 0 Å². The minimum atomic E-state index is 0.444. The van der Waals surface area contributed by atoms with Gasteiger partial charge in [-0.15, -0.1) is 0 Å². The van der Waals surface area contributed by atoms with E-state index in [4.69, 9.17) is 9.47 Å². The van der Waals surface area contributed by atoms with Crippen LogP contribution in [0.5, 0.6) is 5.88 Å². The summed E-state index contributed by atoms with van der Waals surface area (Å²) in [5, 5.41) is 3.42. The molecule has 1 rings (SSSR count). The van der Waals surface area contributed by atoms with Crippen molar-refractivity contribution in [1.29, 1.82) is 0 Å². The van der Waals surface area contributed by atoms with Gasteiger partial charge in [-0.05, 0) is 25.0 Å². The predicted molar refractivity (Wildman–Crippen MR) is 63.6 cm³/mol. The highest BCUT2D eigenvalue weighted by atomic mass is 16.5. The number of aromatic nitrogens is 1. The van der Waals surface area contributed by atoms with Crippen molar-refractivity contribution >= 4 is 0 Å². The third kappa shape index (κ3) is 4.59. The van der Waals surface area contributed by atoms with E-state index in [2.05, 4.69) is 17.2 Å². The van der Waals surface area contributed by atoms with Crippen molar-refractivity contribution < 1.29 is 9.47 Å². The number of hydrogen-bond donors (Lipinski definition) is 1. The maximum Gasteiger partial charge on any atom is 0.213 e. The standard InChI is InChI=1S/C12H20N2O2/c1-10(5-7-15-2)14-9-11-4-6-13-12(8-11)16-3/h4,6,8,10,14H,5,7,9H2,1-3H3. The molecule has 0 aliphatic rings. The molecule has 0 aliphatic carbocycles. The molecule has 0 saturated heterocycles. The van der Waals surface area contributed by atoms with Gasteiger partial charge in [-0.2, -0.15) is 0 Å². The largest absolute Gasteiger partial charge is 0.481 e. The van der Waals surface area contributed by atoms with Crippen LogP contribution in [-0.2, 0) is 11.3 Å². The summed E-state index contributed by atoms with van der Waals surface area (Å²) in [5.41, 5.74) is 1.18. The molecule has 0 radical (unpaired) electrons. The summed E-state index contributed by atoms with van der Waals surface area (Å²) in [6, 6.07) is 4.37. The Bertz CT molecular complexity index is 305. The zero-order chi connectivity index (χ0) is 11.8. The molecule has 1 atom stereocenters. The highest BCUT2D eigenvalue weighted by Gasteiger charge is 2.02. The van der Waals surface area contributed by atoms with Gasteiger partial charge < -0.3 is 14.8 Å². The zero-order valence-electron chi connectivity index (χ0n) is 10.2. The highest BCUT2D eigenvalue weighted by Crippen LogP contribution is 2.08. The van der Waals surface area contributed by atoms with E-state index in [0.717, 1.165) is 19.6 Å². The number of pyridine rings is 1. The van der Waals surface area contributed by atoms with Crippen molar-refractivity contribution in [3.05, 3.63) is 23.9 Å². The Morgan fingerprint density at radius 1 is 1.44 bits per heavy atom. The second kappa shape index (κ2) is 7.19. The van der Waals surface area contributed by atoms with Gasteiger partial charge in [0.05, 0.1) is 7.11 Å². The van der Waals surface area contributed by atoms with Crippen LogP contribution in [0, 0.1) is 0 Å². The molecule has 0 fully saturated rings. The summed E-state index contributed by atoms with van der Waals surface area (Å²) in [5.74, 6) is 0.656. The van der Waals surface area contributed by atoms with Crippen molar-refractivity contribution in [3.63, 3.8) is 0 Å². The minimum absolute atomic E-state index is 0.444. The summed E-state index contributed by atoms with van der Waals surface area (Å²) in [7, 11) is 3.35. The van der Waals surface area contributed by atoms with Gasteiger partial charge in [0.2, 0.25) is 5.88 Å². The fourth-order valence-electron chi connectivity index (χ4n) is 1.36. The lowest BCUT2D eigenvalue weighted by Crippen LogP contribution is -2.26. The number of nitrogens with one attached hydrogen (secondary N) is 1. The fraction of sp³-hybridized carbons (Fsp3) is 0.583. The molecule has 0 saturated carbocycles. The molecule has 1 aromatic heterocycles. The number of rotatable bonds is 7. The molecule has 1 aromatic rings. The van der Waals surface area contributed by atoms with Gasteiger partial charge in [0.25, 0.3) is 0 Å². The van der Waals surface area contributed by atoms with Crippen LogP contribution < -0.4 is 10.1 Å². The van der Waals surface area contributed by atoms with Crippen LogP contribution in [-0.4, -0.2) is 31.9 Å². The Labute approximate surface area is 97.0 Å². The average molecular weight is 224 g/mol. The average Bonchev–Trinajstić information content (AvgIpc) is 2.34. The second-order valence-corrected chi connectivity index (χ2v) is 3.77. The Hall–Kier alpha value is -1.13. The van der Waals surface area contributed by atoms with Crippen LogP contribution >= 0.6 is 0 Å². The minimum Gasteiger partial charge on any atom is -0.481 e. The van der Waals surface area contributed by atoms with Gasteiger partial charge in [-0.1, -0.05) is 0 Å². The summed E-state index contributed by atoms with van der Waals surface area (Å²) >= 11 is 0. The quantitative estimate of drug-likeness (QED) is 0.764. The third-order valence-corrected chi connectivity index (χ3v) is 2.42. The molecule has 1 heterocycles. The van der Waals surface area contributed by atoms with Crippen LogP contribution in [0.4, 0.5) is 0 Å². The molecule has 0 amide bonds. The van der Waals surface area contributed by atoms with Crippen LogP contribution in [0.3, 0.4) is 0 Å². The van der Waals surface area contributed by atoms with Crippen LogP contribution in [0.15, 0.2) is 18.3 Å². The SMILES string of the molecule is COCCC(C)NCc1ccnc(OC)c1. The Balaban J connectivity index is 2.35. The van der Waals surface area contributed by atoms with Crippen LogP contribution in [0.1, 0.15) is 18.9 Å². The van der Waals surface area contributed by atoms with E-state index >= 15 is 0 Å². The normalized spacial score (nSPS) is 12.4. The summed E-state index contributed by atoms with van der Waals surface area (Å²) < 4.78 is 10.1. The first-order chi connectivity index (χ1) is 7.76. The van der Waals surface area contributed by atoms with Crippen molar-refractivity contribution in [3.8, 4) is 5.88 Å². The number of hydrogen-bond acceptors (Lipinski definition) is 4. The van der Waals surface area contributed by atoms with Crippen LogP contribution in [0.2, 0.25) is 0 Å². The smallest absolute Gasteiger partial charge is 0.213 e. The molecule has 0 aromatic carbocycles. The van der Waals surface area contributed by atoms with Crippen molar-refractivity contribution in [1.82, 2.24) is 10.3 Å². The first-order valence-electron chi connectivity index (χ1n) is 5.47. The molecule has 0 bridgehead atoms. The lowest BCUT2D eigenvalue weighted by molar-refractivity contribution is 0.184. The number of nitrogens with zero attached hydrogens (tertiary/aromatic N) is 1. The topological polar surface area (TPSA) is 43.4 Å². The lowest BCUT2D eigenvalue weighted by atomic mass is 10.2. The maximum absolute atomic E-state index is 5.07. The van der Waals surface area contributed by atoms with E-state index < -0.39 is 0 Å². The molecule has 0 aliphatic heterocycles. The van der Waals surface area contributed by atoms with E-state index in [1.165, 1.54) is 5.56 Å². The number of ether oxygens (including phenoxy) is 2. The summed E-state index contributed by atoms with van der Waals surface area (Å²) in [4.78, 5) is 4.06. The van der Waals surface area contributed by atoms with E-state index in [-0.39, 0.29) is 0 Å². The van der Waals surface area contributed by atoms with E-state index in [1.54, 1.807) is 20.4 Å². The Kier molecular flexibility index (Phi) is 5.82. The van der Waals surface area contributed by atoms with Crippen LogP contribution in [0.25, 0.3) is 0 Å². The van der Waals surface area contributed by atoms with E-state index in [0.29, 0.717) is 11.9 Å². The molecule has 1 N–H and O–H groups in total. The van der Waals surface area contributed by atoms with Gasteiger partial charge >= 0.3 is 0 Å². The van der Waals surface area contributed by atoms with Gasteiger partial charge in [-0.25, -0.2) is 4.98 Å². The van der Waals surface area contributed by atoms with Crippen molar-refractivity contribution in [2.75, 3.05) is 20.8 Å². The van der Waals surface area contributed by atoms with Gasteiger partial charge in [0, 0.05) is 38.6 Å². The highest BCUT2D eigenvalue weighted by molar-refractivity contribution is 5.20. The Morgan fingerprint density at radius 2 is 2.25 bits per heavy atom. The van der Waals surface area contributed by atoms with Gasteiger partial charge in [-0.3, -0.25) is 0 Å². The first kappa shape index (κ1) is 12.9. The third-order valence-electron chi connectivity index (χ3n) is 2.42. The van der Waals surface area contributed by atoms with E-state index in [1.807, 2.05) is 12.1 Å². The summed E-state index contributed by atoms with van der Waals surface area (Å²) in [6.07, 6.45) is 2.77.